The Labute approximate surface area is 84.6 Å². The van der Waals surface area contributed by atoms with Crippen molar-refractivity contribution in [2.45, 2.75) is 38.9 Å². The molecule has 0 aromatic carbocycles. The van der Waals surface area contributed by atoms with E-state index in [9.17, 15) is 4.79 Å². The minimum atomic E-state index is -1.10. The van der Waals surface area contributed by atoms with Crippen LogP contribution in [0, 0.1) is 0 Å². The van der Waals surface area contributed by atoms with Gasteiger partial charge in [0.2, 0.25) is 0 Å². The van der Waals surface area contributed by atoms with Crippen molar-refractivity contribution in [2.24, 2.45) is 0 Å². The van der Waals surface area contributed by atoms with Gasteiger partial charge in [-0.3, -0.25) is 0 Å². The smallest absolute Gasteiger partial charge is 0.438 e. The SMILES string of the molecule is CCCCCC(O)O.COC(=O)OC. The quantitative estimate of drug-likeness (QED) is 0.413. The van der Waals surface area contributed by atoms with Crippen LogP contribution in [0.1, 0.15) is 32.6 Å². The summed E-state index contributed by atoms with van der Waals surface area (Å²) >= 11 is 0. The van der Waals surface area contributed by atoms with Crippen molar-refractivity contribution in [3.63, 3.8) is 0 Å². The van der Waals surface area contributed by atoms with Gasteiger partial charge >= 0.3 is 6.16 Å². The third kappa shape index (κ3) is 17.3. The fourth-order valence-electron chi connectivity index (χ4n) is 0.660. The number of aliphatic hydroxyl groups is 2. The van der Waals surface area contributed by atoms with Crippen LogP contribution >= 0.6 is 0 Å². The molecule has 0 aromatic heterocycles. The van der Waals surface area contributed by atoms with E-state index in [0.717, 1.165) is 19.3 Å². The van der Waals surface area contributed by atoms with Gasteiger partial charge in [0.1, 0.15) is 0 Å². The number of aliphatic hydroxyl groups excluding tert-OH is 1. The van der Waals surface area contributed by atoms with E-state index in [4.69, 9.17) is 10.2 Å². The molecule has 0 aliphatic carbocycles. The van der Waals surface area contributed by atoms with Crippen LogP contribution in [0.4, 0.5) is 4.79 Å². The highest BCUT2D eigenvalue weighted by molar-refractivity contribution is 5.59. The molecule has 0 radical (unpaired) electrons. The summed E-state index contributed by atoms with van der Waals surface area (Å²) in [5, 5.41) is 16.7. The van der Waals surface area contributed by atoms with Crippen LogP contribution in [0.25, 0.3) is 0 Å². The number of carbonyl (C=O) groups excluding carboxylic acids is 1. The average molecular weight is 208 g/mol. The minimum absolute atomic E-state index is 0.522. The zero-order valence-corrected chi connectivity index (χ0v) is 9.02. The Bertz CT molecular complexity index is 118. The molecule has 5 nitrogen and oxygen atoms in total. The lowest BCUT2D eigenvalue weighted by Gasteiger charge is -1.99. The van der Waals surface area contributed by atoms with Gasteiger partial charge in [0.25, 0.3) is 0 Å². The number of rotatable bonds is 4. The third-order valence-electron chi connectivity index (χ3n) is 1.40. The Morgan fingerprint density at radius 1 is 1.21 bits per heavy atom. The van der Waals surface area contributed by atoms with E-state index in [1.165, 1.54) is 14.2 Å². The normalized spacial score (nSPS) is 9.00. The summed E-state index contributed by atoms with van der Waals surface area (Å²) in [6.45, 7) is 2.09. The monoisotopic (exact) mass is 208 g/mol. The molecule has 86 valence electrons. The van der Waals surface area contributed by atoms with Gasteiger partial charge in [-0.1, -0.05) is 19.8 Å². The number of hydrogen-bond donors (Lipinski definition) is 2. The topological polar surface area (TPSA) is 76.0 Å². The van der Waals surface area contributed by atoms with Crippen LogP contribution in [0.15, 0.2) is 0 Å². The first-order valence-corrected chi connectivity index (χ1v) is 4.56. The molecule has 0 atom stereocenters. The summed E-state index contributed by atoms with van der Waals surface area (Å²) < 4.78 is 8.08. The van der Waals surface area contributed by atoms with E-state index in [1.807, 2.05) is 0 Å². The lowest BCUT2D eigenvalue weighted by Crippen LogP contribution is -2.02. The molecule has 0 heterocycles. The summed E-state index contributed by atoms with van der Waals surface area (Å²) in [4.78, 5) is 9.74. The van der Waals surface area contributed by atoms with Crippen molar-refractivity contribution in [2.75, 3.05) is 14.2 Å². The zero-order chi connectivity index (χ0) is 11.4. The van der Waals surface area contributed by atoms with Crippen LogP contribution in [-0.2, 0) is 9.47 Å². The maximum Gasteiger partial charge on any atom is 0.507 e. The number of ether oxygens (including phenoxy) is 2. The molecule has 0 bridgehead atoms. The molecule has 0 aromatic rings. The highest BCUT2D eigenvalue weighted by atomic mass is 16.7. The second-order valence-electron chi connectivity index (χ2n) is 2.63. The molecular weight excluding hydrogens is 188 g/mol. The first-order chi connectivity index (χ1) is 6.58. The van der Waals surface area contributed by atoms with Gasteiger partial charge in [-0.2, -0.15) is 0 Å². The molecule has 2 N–H and O–H groups in total. The molecule has 0 rings (SSSR count). The fraction of sp³-hybridized carbons (Fsp3) is 0.889. The molecule has 0 saturated carbocycles. The van der Waals surface area contributed by atoms with Crippen LogP contribution in [0.2, 0.25) is 0 Å². The molecule has 0 fully saturated rings. The first kappa shape index (κ1) is 15.7. The highest BCUT2D eigenvalue weighted by Gasteiger charge is 1.93. The van der Waals surface area contributed by atoms with Crippen molar-refractivity contribution in [3.05, 3.63) is 0 Å². The van der Waals surface area contributed by atoms with E-state index in [2.05, 4.69) is 16.4 Å². The van der Waals surface area contributed by atoms with Gasteiger partial charge in [0.15, 0.2) is 6.29 Å². The molecule has 0 spiro atoms. The van der Waals surface area contributed by atoms with Crippen LogP contribution < -0.4 is 0 Å². The maximum atomic E-state index is 9.74. The van der Waals surface area contributed by atoms with Gasteiger partial charge < -0.3 is 19.7 Å². The third-order valence-corrected chi connectivity index (χ3v) is 1.40. The van der Waals surface area contributed by atoms with Crippen LogP contribution in [0.3, 0.4) is 0 Å². The molecule has 0 aliphatic heterocycles. The number of unbranched alkanes of at least 4 members (excludes halogenated alkanes) is 2. The standard InChI is InChI=1S/C6H14O2.C3H6O3/c1-2-3-4-5-6(7)8;1-5-3(4)6-2/h6-8H,2-5H2,1H3;1-2H3. The van der Waals surface area contributed by atoms with Gasteiger partial charge in [-0.25, -0.2) is 4.79 Å². The van der Waals surface area contributed by atoms with Gasteiger partial charge in [0, 0.05) is 0 Å². The summed E-state index contributed by atoms with van der Waals surface area (Å²) in [6, 6.07) is 0. The zero-order valence-electron chi connectivity index (χ0n) is 9.02. The summed E-state index contributed by atoms with van der Waals surface area (Å²) in [5.74, 6) is 0. The molecular formula is C9H20O5. The van der Waals surface area contributed by atoms with Crippen molar-refractivity contribution >= 4 is 6.16 Å². The van der Waals surface area contributed by atoms with E-state index < -0.39 is 12.4 Å². The molecule has 0 unspecified atom stereocenters. The maximum absolute atomic E-state index is 9.74. The fourth-order valence-corrected chi connectivity index (χ4v) is 0.660. The summed E-state index contributed by atoms with van der Waals surface area (Å²) in [7, 11) is 2.51. The van der Waals surface area contributed by atoms with E-state index >= 15 is 0 Å². The van der Waals surface area contributed by atoms with E-state index in [-0.39, 0.29) is 0 Å². The summed E-state index contributed by atoms with van der Waals surface area (Å²) in [5.41, 5.74) is 0. The molecule has 0 aliphatic rings. The first-order valence-electron chi connectivity index (χ1n) is 4.56. The van der Waals surface area contributed by atoms with Crippen molar-refractivity contribution in [1.82, 2.24) is 0 Å². The predicted molar refractivity (Wildman–Crippen MR) is 51.8 cm³/mol. The molecule has 5 heteroatoms. The number of methoxy groups -OCH3 is 2. The second-order valence-corrected chi connectivity index (χ2v) is 2.63. The van der Waals surface area contributed by atoms with Gasteiger partial charge in [0.05, 0.1) is 14.2 Å². The highest BCUT2D eigenvalue weighted by Crippen LogP contribution is 1.99. The van der Waals surface area contributed by atoms with Crippen molar-refractivity contribution < 1.29 is 24.5 Å². The Balaban J connectivity index is 0. The molecule has 14 heavy (non-hydrogen) atoms. The lowest BCUT2D eigenvalue weighted by atomic mass is 10.2. The van der Waals surface area contributed by atoms with Gasteiger partial charge in [-0.05, 0) is 12.8 Å². The largest absolute Gasteiger partial charge is 0.507 e. The number of hydrogen-bond acceptors (Lipinski definition) is 5. The second kappa shape index (κ2) is 12.2. The Morgan fingerprint density at radius 2 is 1.71 bits per heavy atom. The van der Waals surface area contributed by atoms with Crippen molar-refractivity contribution in [3.8, 4) is 0 Å². The summed E-state index contributed by atoms with van der Waals surface area (Å²) in [6.07, 6.45) is 1.92. The van der Waals surface area contributed by atoms with Crippen molar-refractivity contribution in [1.29, 1.82) is 0 Å². The van der Waals surface area contributed by atoms with Crippen LogP contribution in [0.5, 0.6) is 0 Å². The minimum Gasteiger partial charge on any atom is -0.438 e. The Kier molecular flexibility index (Phi) is 13.6. The average Bonchev–Trinajstić information content (AvgIpc) is 2.17. The van der Waals surface area contributed by atoms with Crippen LogP contribution in [-0.4, -0.2) is 36.9 Å². The van der Waals surface area contributed by atoms with E-state index in [0.29, 0.717) is 6.42 Å². The number of carbonyl (C=O) groups is 1. The predicted octanol–water partition coefficient (Wildman–Crippen LogP) is 1.28. The van der Waals surface area contributed by atoms with Gasteiger partial charge in [-0.15, -0.1) is 0 Å². The van der Waals surface area contributed by atoms with E-state index in [1.54, 1.807) is 0 Å². The lowest BCUT2D eigenvalue weighted by molar-refractivity contribution is -0.0465. The Morgan fingerprint density at radius 3 is 1.93 bits per heavy atom. The molecule has 0 amide bonds. The Hall–Kier alpha value is -0.810. The molecule has 0 saturated heterocycles.